The smallest absolute Gasteiger partial charge is 0.304 e. The Bertz CT molecular complexity index is 457. The fraction of sp³-hybridized carbons (Fsp3) is 0.125. The number of nitrogens with one attached hydrogen (secondary N) is 1. The Hall–Kier alpha value is -1.49. The average Bonchev–Trinajstić information content (AvgIpc) is 2.53. The summed E-state index contributed by atoms with van der Waals surface area (Å²) in [4.78, 5) is 21.6. The number of aryl methyl sites for hydroxylation is 1. The van der Waals surface area contributed by atoms with E-state index in [0.29, 0.717) is 0 Å². The molecule has 5 heteroatoms. The predicted octanol–water partition coefficient (Wildman–Crippen LogP) is 1.20. The minimum atomic E-state index is -0.0597. The average molecular weight is 193 g/mol. The molecule has 2 aromatic rings. The lowest BCUT2D eigenvalue weighted by Gasteiger charge is -1.95. The summed E-state index contributed by atoms with van der Waals surface area (Å²) in [7, 11) is 0. The lowest BCUT2D eigenvalue weighted by Crippen LogP contribution is -1.93. The summed E-state index contributed by atoms with van der Waals surface area (Å²) in [6.07, 6.45) is 3.39. The van der Waals surface area contributed by atoms with E-state index >= 15 is 0 Å². The molecular weight excluding hydrogens is 186 g/mol. The summed E-state index contributed by atoms with van der Waals surface area (Å²) in [6.45, 7) is 1.82. The van der Waals surface area contributed by atoms with Gasteiger partial charge in [-0.3, -0.25) is 4.79 Å². The van der Waals surface area contributed by atoms with E-state index in [4.69, 9.17) is 0 Å². The van der Waals surface area contributed by atoms with Gasteiger partial charge >= 0.3 is 4.87 Å². The van der Waals surface area contributed by atoms with Crippen molar-refractivity contribution in [1.82, 2.24) is 15.0 Å². The van der Waals surface area contributed by atoms with E-state index in [1.807, 2.05) is 6.92 Å². The molecule has 0 saturated carbocycles. The van der Waals surface area contributed by atoms with E-state index < -0.39 is 0 Å². The monoisotopic (exact) mass is 193 g/mol. The minimum absolute atomic E-state index is 0.0597. The van der Waals surface area contributed by atoms with Crippen molar-refractivity contribution in [2.45, 2.75) is 6.92 Å². The van der Waals surface area contributed by atoms with E-state index in [0.717, 1.165) is 28.4 Å². The molecule has 66 valence electrons. The molecule has 0 saturated heterocycles. The van der Waals surface area contributed by atoms with Gasteiger partial charge in [0.05, 0.1) is 5.69 Å². The summed E-state index contributed by atoms with van der Waals surface area (Å²) >= 11 is 1.14. The number of aromatic nitrogens is 3. The Morgan fingerprint density at radius 2 is 2.08 bits per heavy atom. The first-order valence-corrected chi connectivity index (χ1v) is 4.60. The molecule has 0 bridgehead atoms. The van der Waals surface area contributed by atoms with Crippen molar-refractivity contribution >= 4 is 11.3 Å². The third-order valence-corrected chi connectivity index (χ3v) is 2.28. The first-order chi connectivity index (χ1) is 6.25. The zero-order valence-electron chi connectivity index (χ0n) is 6.94. The Morgan fingerprint density at radius 3 is 2.62 bits per heavy atom. The number of hydrogen-bond acceptors (Lipinski definition) is 4. The minimum Gasteiger partial charge on any atom is -0.312 e. The van der Waals surface area contributed by atoms with Gasteiger partial charge in [0.25, 0.3) is 0 Å². The van der Waals surface area contributed by atoms with Gasteiger partial charge in [0, 0.05) is 23.3 Å². The van der Waals surface area contributed by atoms with Gasteiger partial charge in [0.1, 0.15) is 5.82 Å². The summed E-state index contributed by atoms with van der Waals surface area (Å²) in [6, 6.07) is 0. The molecule has 0 fully saturated rings. The fourth-order valence-corrected chi connectivity index (χ4v) is 1.54. The lowest BCUT2D eigenvalue weighted by molar-refractivity contribution is 1.05. The van der Waals surface area contributed by atoms with Gasteiger partial charge in [-0.25, -0.2) is 9.97 Å². The molecule has 0 atom stereocenters. The topological polar surface area (TPSA) is 58.6 Å². The molecule has 0 aromatic carbocycles. The summed E-state index contributed by atoms with van der Waals surface area (Å²) in [5, 5.41) is 1.76. The zero-order valence-corrected chi connectivity index (χ0v) is 7.76. The van der Waals surface area contributed by atoms with Crippen molar-refractivity contribution in [1.29, 1.82) is 0 Å². The maximum absolute atomic E-state index is 10.9. The molecule has 0 aliphatic heterocycles. The van der Waals surface area contributed by atoms with Crippen molar-refractivity contribution in [2.75, 3.05) is 0 Å². The van der Waals surface area contributed by atoms with Crippen LogP contribution in [-0.4, -0.2) is 15.0 Å². The Labute approximate surface area is 78.3 Å². The number of hydrogen-bond donors (Lipinski definition) is 1. The quantitative estimate of drug-likeness (QED) is 0.740. The van der Waals surface area contributed by atoms with Crippen LogP contribution in [0, 0.1) is 6.92 Å². The van der Waals surface area contributed by atoms with Crippen LogP contribution >= 0.6 is 11.3 Å². The maximum atomic E-state index is 10.9. The lowest BCUT2D eigenvalue weighted by atomic mass is 10.3. The first kappa shape index (κ1) is 8.12. The predicted molar refractivity (Wildman–Crippen MR) is 50.7 cm³/mol. The number of nitrogens with zero attached hydrogens (tertiary/aromatic N) is 2. The zero-order chi connectivity index (χ0) is 9.26. The van der Waals surface area contributed by atoms with E-state index in [1.54, 1.807) is 17.8 Å². The van der Waals surface area contributed by atoms with Crippen LogP contribution in [0.2, 0.25) is 0 Å². The molecule has 13 heavy (non-hydrogen) atoms. The fourth-order valence-electron chi connectivity index (χ4n) is 0.953. The van der Waals surface area contributed by atoms with Crippen molar-refractivity contribution in [2.24, 2.45) is 0 Å². The van der Waals surface area contributed by atoms with Crippen LogP contribution in [0.5, 0.6) is 0 Å². The summed E-state index contributed by atoms with van der Waals surface area (Å²) in [5.74, 6) is 0.723. The highest BCUT2D eigenvalue weighted by Crippen LogP contribution is 2.13. The van der Waals surface area contributed by atoms with E-state index in [1.165, 1.54) is 0 Å². The molecule has 1 N–H and O–H groups in total. The molecule has 4 nitrogen and oxygen atoms in total. The van der Waals surface area contributed by atoms with Crippen LogP contribution in [-0.2, 0) is 0 Å². The van der Waals surface area contributed by atoms with Gasteiger partial charge in [0.15, 0.2) is 0 Å². The van der Waals surface area contributed by atoms with Gasteiger partial charge < -0.3 is 4.98 Å². The number of rotatable bonds is 1. The highest BCUT2D eigenvalue weighted by Gasteiger charge is 2.00. The van der Waals surface area contributed by atoms with E-state index in [9.17, 15) is 4.79 Å². The normalized spacial score (nSPS) is 10.2. The second kappa shape index (κ2) is 3.10. The van der Waals surface area contributed by atoms with Crippen LogP contribution in [0.3, 0.4) is 0 Å². The third kappa shape index (κ3) is 1.65. The summed E-state index contributed by atoms with van der Waals surface area (Å²) in [5.41, 5.74) is 1.61. The SMILES string of the molecule is Cc1ncc(-c2csc(=O)[nH]2)cn1. The molecule has 2 rings (SSSR count). The molecule has 0 radical (unpaired) electrons. The molecule has 0 unspecified atom stereocenters. The van der Waals surface area contributed by atoms with Gasteiger partial charge in [0.2, 0.25) is 0 Å². The largest absolute Gasteiger partial charge is 0.312 e. The number of H-pyrrole nitrogens is 1. The van der Waals surface area contributed by atoms with Gasteiger partial charge in [-0.2, -0.15) is 0 Å². The molecule has 0 aliphatic rings. The van der Waals surface area contributed by atoms with Crippen LogP contribution < -0.4 is 4.87 Å². The van der Waals surface area contributed by atoms with E-state index in [-0.39, 0.29) is 4.87 Å². The van der Waals surface area contributed by atoms with E-state index in [2.05, 4.69) is 15.0 Å². The first-order valence-electron chi connectivity index (χ1n) is 3.72. The molecule has 0 aliphatic carbocycles. The van der Waals surface area contributed by atoms with Crippen molar-refractivity contribution in [3.63, 3.8) is 0 Å². The molecule has 2 aromatic heterocycles. The Balaban J connectivity index is 2.47. The number of thiazole rings is 1. The van der Waals surface area contributed by atoms with Gasteiger partial charge in [-0.1, -0.05) is 11.3 Å². The highest BCUT2D eigenvalue weighted by molar-refractivity contribution is 7.07. The molecular formula is C8H7N3OS. The van der Waals surface area contributed by atoms with Crippen molar-refractivity contribution < 1.29 is 0 Å². The Kier molecular flexibility index (Phi) is 1.94. The maximum Gasteiger partial charge on any atom is 0.304 e. The molecule has 2 heterocycles. The van der Waals surface area contributed by atoms with Crippen LogP contribution in [0.4, 0.5) is 0 Å². The second-order valence-electron chi connectivity index (χ2n) is 2.58. The molecule has 0 amide bonds. The van der Waals surface area contributed by atoms with Gasteiger partial charge in [-0.15, -0.1) is 0 Å². The van der Waals surface area contributed by atoms with Gasteiger partial charge in [-0.05, 0) is 6.92 Å². The Morgan fingerprint density at radius 1 is 1.38 bits per heavy atom. The third-order valence-electron chi connectivity index (χ3n) is 1.61. The van der Waals surface area contributed by atoms with Crippen LogP contribution in [0.1, 0.15) is 5.82 Å². The van der Waals surface area contributed by atoms with Crippen LogP contribution in [0.15, 0.2) is 22.6 Å². The van der Waals surface area contributed by atoms with Crippen molar-refractivity contribution in [3.05, 3.63) is 33.3 Å². The standard InChI is InChI=1S/C8H7N3OS/c1-5-9-2-6(3-10-5)7-4-13-8(12)11-7/h2-4H,1H3,(H,11,12). The van der Waals surface area contributed by atoms with Crippen molar-refractivity contribution in [3.8, 4) is 11.3 Å². The molecule has 0 spiro atoms. The highest BCUT2D eigenvalue weighted by atomic mass is 32.1. The summed E-state index contributed by atoms with van der Waals surface area (Å²) < 4.78 is 0. The van der Waals surface area contributed by atoms with Crippen LogP contribution in [0.25, 0.3) is 11.3 Å². The second-order valence-corrected chi connectivity index (χ2v) is 3.42. The number of aromatic amines is 1.